The van der Waals surface area contributed by atoms with Crippen LogP contribution >= 0.6 is 0 Å². The Balaban J connectivity index is 0.00000156. The second kappa shape index (κ2) is 5.63. The molecule has 2 heterocycles. The number of halogens is 1. The van der Waals surface area contributed by atoms with Crippen molar-refractivity contribution in [2.24, 2.45) is 0 Å². The predicted molar refractivity (Wildman–Crippen MR) is 84.1 cm³/mol. The van der Waals surface area contributed by atoms with Gasteiger partial charge in [0, 0.05) is 17.5 Å². The Morgan fingerprint density at radius 2 is 2.13 bits per heavy atom. The number of methoxy groups -OCH3 is 1. The molecule has 0 aromatic heterocycles. The van der Waals surface area contributed by atoms with Crippen LogP contribution in [-0.2, 0) is 12.0 Å². The van der Waals surface area contributed by atoms with Crippen molar-refractivity contribution >= 4 is 0 Å². The minimum atomic E-state index is -0.455. The zero-order valence-electron chi connectivity index (χ0n) is 13.9. The molecule has 4 rings (SSSR count). The van der Waals surface area contributed by atoms with Gasteiger partial charge in [-0.3, -0.25) is 0 Å². The largest absolute Gasteiger partial charge is 1.00 e. The summed E-state index contributed by atoms with van der Waals surface area (Å²) in [5, 5.41) is 10.5. The molecule has 0 bridgehead atoms. The van der Waals surface area contributed by atoms with E-state index in [4.69, 9.17) is 9.47 Å². The van der Waals surface area contributed by atoms with Crippen LogP contribution in [0.1, 0.15) is 24.0 Å². The first-order valence-corrected chi connectivity index (χ1v) is 8.02. The van der Waals surface area contributed by atoms with Crippen molar-refractivity contribution in [3.05, 3.63) is 35.4 Å². The van der Waals surface area contributed by atoms with E-state index in [0.29, 0.717) is 6.42 Å². The molecule has 1 aromatic rings. The molecule has 2 aliphatic heterocycles. The van der Waals surface area contributed by atoms with Gasteiger partial charge in [0.15, 0.2) is 11.5 Å². The second-order valence-corrected chi connectivity index (χ2v) is 7.48. The monoisotopic (exact) mass is 429 g/mol. The molecule has 3 atom stereocenters. The highest BCUT2D eigenvalue weighted by Crippen LogP contribution is 2.56. The van der Waals surface area contributed by atoms with Gasteiger partial charge >= 0.3 is 0 Å². The summed E-state index contributed by atoms with van der Waals surface area (Å²) in [5.74, 6) is 1.62. The van der Waals surface area contributed by atoms with Crippen LogP contribution < -0.4 is 33.5 Å². The average Bonchev–Trinajstić information content (AvgIpc) is 2.78. The smallest absolute Gasteiger partial charge is 0.166 e. The fourth-order valence-corrected chi connectivity index (χ4v) is 4.42. The molecule has 0 radical (unpaired) electrons. The summed E-state index contributed by atoms with van der Waals surface area (Å²) in [6.07, 6.45) is 5.41. The first-order chi connectivity index (χ1) is 10.5. The van der Waals surface area contributed by atoms with Gasteiger partial charge in [-0.05, 0) is 18.6 Å². The highest BCUT2D eigenvalue weighted by molar-refractivity contribution is 5.60. The third kappa shape index (κ3) is 2.39. The summed E-state index contributed by atoms with van der Waals surface area (Å²) >= 11 is 0. The molecule has 1 unspecified atom stereocenters. The average molecular weight is 429 g/mol. The number of nitrogens with zero attached hydrogens (tertiary/aromatic N) is 1. The molecule has 0 fully saturated rings. The maximum absolute atomic E-state index is 10.5. The van der Waals surface area contributed by atoms with Crippen molar-refractivity contribution in [3.63, 3.8) is 0 Å². The number of hydrogen-bond donors (Lipinski definition) is 1. The van der Waals surface area contributed by atoms with Gasteiger partial charge in [-0.15, -0.1) is 0 Å². The third-order valence-corrected chi connectivity index (χ3v) is 5.52. The van der Waals surface area contributed by atoms with Crippen molar-refractivity contribution in [2.75, 3.05) is 27.7 Å². The maximum Gasteiger partial charge on any atom is 0.166 e. The third-order valence-electron chi connectivity index (χ3n) is 5.52. The van der Waals surface area contributed by atoms with Gasteiger partial charge < -0.3 is 43.0 Å². The fraction of sp³-hybridized carbons (Fsp3) is 0.556. The number of benzene rings is 1. The lowest BCUT2D eigenvalue weighted by Crippen LogP contribution is -3.00. The lowest BCUT2D eigenvalue weighted by Gasteiger charge is -2.37. The van der Waals surface area contributed by atoms with Crippen LogP contribution in [0.3, 0.4) is 0 Å². The molecule has 4 nitrogen and oxygen atoms in total. The molecule has 5 heteroatoms. The molecule has 1 N–H and O–H groups in total. The van der Waals surface area contributed by atoms with Crippen molar-refractivity contribution in [1.29, 1.82) is 0 Å². The lowest BCUT2D eigenvalue weighted by molar-refractivity contribution is -0.903. The van der Waals surface area contributed by atoms with Gasteiger partial charge in [-0.1, -0.05) is 12.2 Å². The van der Waals surface area contributed by atoms with Gasteiger partial charge in [0.1, 0.15) is 12.6 Å². The van der Waals surface area contributed by atoms with Crippen molar-refractivity contribution in [2.45, 2.75) is 37.0 Å². The Morgan fingerprint density at radius 1 is 1.35 bits per heavy atom. The quantitative estimate of drug-likeness (QED) is 0.354. The lowest BCUT2D eigenvalue weighted by atomic mass is 9.68. The van der Waals surface area contributed by atoms with Crippen molar-refractivity contribution in [1.82, 2.24) is 0 Å². The SMILES string of the molecule is COc1ccc2c3c1O[C@H]1[C@@H](O)CC=CC31CC[N+](C)(C)C2.[I-]. The Bertz CT molecular complexity index is 658. The maximum atomic E-state index is 10.5. The summed E-state index contributed by atoms with van der Waals surface area (Å²) in [7, 11) is 6.22. The number of aliphatic hydroxyl groups is 1. The standard InChI is InChI=1S/C18H24NO3.HI/c1-19(2)10-9-18-8-4-5-13(20)17(18)22-16-14(21-3)7-6-12(11-19)15(16)18;/h4,6-8,13,17,20H,5,9-11H2,1-3H3;1H/q+1;/p-1/t13-,17-,18?;/m0./s1. The fourth-order valence-electron chi connectivity index (χ4n) is 4.42. The molecule has 0 amide bonds. The van der Waals surface area contributed by atoms with Crippen LogP contribution in [0.2, 0.25) is 0 Å². The minimum absolute atomic E-state index is 0. The number of aliphatic hydroxyl groups excluding tert-OH is 1. The van der Waals surface area contributed by atoms with Crippen LogP contribution in [0.5, 0.6) is 11.5 Å². The van der Waals surface area contributed by atoms with E-state index in [1.54, 1.807) is 7.11 Å². The zero-order valence-corrected chi connectivity index (χ0v) is 16.0. The Kier molecular flexibility index (Phi) is 4.18. The topological polar surface area (TPSA) is 38.7 Å². The predicted octanol–water partition coefficient (Wildman–Crippen LogP) is -1.00. The molecule has 0 saturated carbocycles. The number of hydrogen-bond acceptors (Lipinski definition) is 3. The van der Waals surface area contributed by atoms with E-state index in [-0.39, 0.29) is 35.5 Å². The van der Waals surface area contributed by atoms with Crippen molar-refractivity contribution in [3.8, 4) is 11.5 Å². The molecule has 1 aliphatic carbocycles. The van der Waals surface area contributed by atoms with Crippen LogP contribution in [-0.4, -0.2) is 49.5 Å². The summed E-state index contributed by atoms with van der Waals surface area (Å²) in [5.41, 5.74) is 2.36. The van der Waals surface area contributed by atoms with Crippen LogP contribution in [0, 0.1) is 0 Å². The Hall–Kier alpha value is -0.790. The molecule has 1 spiro atoms. The number of quaternary nitrogens is 1. The molecular weight excluding hydrogens is 405 g/mol. The van der Waals surface area contributed by atoms with E-state index < -0.39 is 6.10 Å². The normalized spacial score (nSPS) is 32.9. The van der Waals surface area contributed by atoms with Gasteiger partial charge in [-0.25, -0.2) is 0 Å². The van der Waals surface area contributed by atoms with E-state index in [2.05, 4.69) is 32.3 Å². The molecule has 3 aliphatic rings. The first-order valence-electron chi connectivity index (χ1n) is 8.02. The number of ether oxygens (including phenoxy) is 2. The van der Waals surface area contributed by atoms with E-state index in [9.17, 15) is 5.11 Å². The zero-order chi connectivity index (χ0) is 15.5. The number of rotatable bonds is 1. The summed E-state index contributed by atoms with van der Waals surface area (Å²) in [6.45, 7) is 2.04. The van der Waals surface area contributed by atoms with Crippen LogP contribution in [0.4, 0.5) is 0 Å². The van der Waals surface area contributed by atoms with Gasteiger partial charge in [0.25, 0.3) is 0 Å². The van der Waals surface area contributed by atoms with E-state index in [1.165, 1.54) is 11.1 Å². The second-order valence-electron chi connectivity index (χ2n) is 7.48. The van der Waals surface area contributed by atoms with Crippen LogP contribution in [0.25, 0.3) is 0 Å². The first kappa shape index (κ1) is 17.0. The molecule has 1 aromatic carbocycles. The summed E-state index contributed by atoms with van der Waals surface area (Å²) in [6, 6.07) is 4.17. The molecular formula is C18H24INO3. The van der Waals surface area contributed by atoms with Gasteiger partial charge in [-0.2, -0.15) is 0 Å². The Morgan fingerprint density at radius 3 is 2.87 bits per heavy atom. The van der Waals surface area contributed by atoms with E-state index in [0.717, 1.165) is 35.5 Å². The van der Waals surface area contributed by atoms with Crippen LogP contribution in [0.15, 0.2) is 24.3 Å². The minimum Gasteiger partial charge on any atom is -1.00 e. The molecule has 0 saturated heterocycles. The van der Waals surface area contributed by atoms with E-state index >= 15 is 0 Å². The van der Waals surface area contributed by atoms with Gasteiger partial charge in [0.2, 0.25) is 0 Å². The summed E-state index contributed by atoms with van der Waals surface area (Å²) < 4.78 is 12.7. The molecule has 23 heavy (non-hydrogen) atoms. The molecule has 126 valence electrons. The van der Waals surface area contributed by atoms with Crippen molar-refractivity contribution < 1.29 is 43.0 Å². The summed E-state index contributed by atoms with van der Waals surface area (Å²) in [4.78, 5) is 0. The highest BCUT2D eigenvalue weighted by atomic mass is 127. The Labute approximate surface area is 154 Å². The van der Waals surface area contributed by atoms with E-state index in [1.807, 2.05) is 6.07 Å². The van der Waals surface area contributed by atoms with Gasteiger partial charge in [0.05, 0.1) is 39.3 Å². The highest BCUT2D eigenvalue weighted by Gasteiger charge is 2.56.